The predicted molar refractivity (Wildman–Crippen MR) is 54.0 cm³/mol. The molecule has 0 spiro atoms. The molecule has 3 heteroatoms. The van der Waals surface area contributed by atoms with Crippen LogP contribution >= 0.6 is 11.6 Å². The van der Waals surface area contributed by atoms with Crippen LogP contribution in [0.25, 0.3) is 0 Å². The Kier molecular flexibility index (Phi) is 4.78. The van der Waals surface area contributed by atoms with Gasteiger partial charge in [0.1, 0.15) is 0 Å². The zero-order valence-corrected chi connectivity index (χ0v) is 8.85. The molecule has 0 saturated carbocycles. The minimum atomic E-state index is -0.0748. The smallest absolute Gasteiger partial charge is 0.158 e. The summed E-state index contributed by atoms with van der Waals surface area (Å²) in [6.45, 7) is 6.55. The van der Waals surface area contributed by atoms with Crippen LogP contribution < -0.4 is 0 Å². The minimum Gasteiger partial charge on any atom is -0.353 e. The van der Waals surface area contributed by atoms with Crippen LogP contribution in [0, 0.1) is 0 Å². The predicted octanol–water partition coefficient (Wildman–Crippen LogP) is 2.71. The second kappa shape index (κ2) is 5.63. The van der Waals surface area contributed by atoms with Crippen molar-refractivity contribution in [1.29, 1.82) is 0 Å². The maximum atomic E-state index is 5.74. The summed E-state index contributed by atoms with van der Waals surface area (Å²) < 4.78 is 11.1. The highest BCUT2D eigenvalue weighted by atomic mass is 35.5. The summed E-state index contributed by atoms with van der Waals surface area (Å²) in [7, 11) is 0. The van der Waals surface area contributed by atoms with Gasteiger partial charge in [0.25, 0.3) is 0 Å². The third-order valence-corrected chi connectivity index (χ3v) is 2.42. The molecule has 0 aliphatic carbocycles. The van der Waals surface area contributed by atoms with E-state index in [4.69, 9.17) is 21.1 Å². The van der Waals surface area contributed by atoms with E-state index < -0.39 is 0 Å². The Morgan fingerprint density at radius 2 is 2.46 bits per heavy atom. The number of alkyl halides is 1. The van der Waals surface area contributed by atoms with Crippen LogP contribution in [-0.2, 0) is 9.47 Å². The van der Waals surface area contributed by atoms with Crippen molar-refractivity contribution in [3.63, 3.8) is 0 Å². The minimum absolute atomic E-state index is 0.0650. The van der Waals surface area contributed by atoms with Gasteiger partial charge >= 0.3 is 0 Å². The van der Waals surface area contributed by atoms with E-state index in [0.717, 1.165) is 25.0 Å². The summed E-state index contributed by atoms with van der Waals surface area (Å²) in [5.41, 5.74) is 0.962. The van der Waals surface area contributed by atoms with Crippen molar-refractivity contribution >= 4 is 11.6 Å². The van der Waals surface area contributed by atoms with Crippen LogP contribution in [0.1, 0.15) is 26.2 Å². The van der Waals surface area contributed by atoms with Gasteiger partial charge in [-0.05, 0) is 26.2 Å². The molecule has 0 bridgehead atoms. The van der Waals surface area contributed by atoms with Gasteiger partial charge < -0.3 is 9.47 Å². The van der Waals surface area contributed by atoms with Crippen molar-refractivity contribution in [3.8, 4) is 0 Å². The first kappa shape index (κ1) is 11.0. The molecule has 0 aromatic heterocycles. The molecule has 2 unspecified atom stereocenters. The van der Waals surface area contributed by atoms with Crippen LogP contribution in [-0.4, -0.2) is 24.9 Å². The Morgan fingerprint density at radius 3 is 2.92 bits per heavy atom. The van der Waals surface area contributed by atoms with Crippen molar-refractivity contribution in [2.24, 2.45) is 0 Å². The average Bonchev–Trinajstić information content (AvgIpc) is 2.15. The maximum absolute atomic E-state index is 5.74. The molecule has 1 saturated heterocycles. The van der Waals surface area contributed by atoms with Gasteiger partial charge in [0.2, 0.25) is 0 Å². The first-order valence-corrected chi connectivity index (χ1v) is 5.26. The number of ether oxygens (including phenoxy) is 2. The molecule has 1 aliphatic heterocycles. The molecule has 1 rings (SSSR count). The van der Waals surface area contributed by atoms with E-state index in [-0.39, 0.29) is 12.4 Å². The van der Waals surface area contributed by atoms with E-state index in [9.17, 15) is 0 Å². The van der Waals surface area contributed by atoms with E-state index in [2.05, 4.69) is 6.58 Å². The molecule has 1 fully saturated rings. The van der Waals surface area contributed by atoms with Crippen LogP contribution in [0.3, 0.4) is 0 Å². The Labute approximate surface area is 84.9 Å². The number of halogens is 1. The average molecular weight is 205 g/mol. The Hall–Kier alpha value is -0.0500. The Bertz CT molecular complexity index is 164. The second-order valence-electron chi connectivity index (χ2n) is 3.42. The molecule has 0 amide bonds. The fourth-order valence-corrected chi connectivity index (χ4v) is 1.62. The van der Waals surface area contributed by atoms with E-state index >= 15 is 0 Å². The van der Waals surface area contributed by atoms with Gasteiger partial charge in [-0.2, -0.15) is 0 Å². The van der Waals surface area contributed by atoms with Crippen LogP contribution in [0.5, 0.6) is 0 Å². The number of hydrogen-bond acceptors (Lipinski definition) is 2. The van der Waals surface area contributed by atoms with Gasteiger partial charge in [-0.25, -0.2) is 0 Å². The van der Waals surface area contributed by atoms with Crippen molar-refractivity contribution in [3.05, 3.63) is 12.2 Å². The molecule has 1 aliphatic rings. The van der Waals surface area contributed by atoms with Gasteiger partial charge in [0.05, 0.1) is 12.0 Å². The zero-order valence-electron chi connectivity index (χ0n) is 8.09. The molecule has 0 N–H and O–H groups in total. The largest absolute Gasteiger partial charge is 0.353 e. The fourth-order valence-electron chi connectivity index (χ4n) is 1.29. The summed E-state index contributed by atoms with van der Waals surface area (Å²) in [6, 6.07) is 0. The summed E-state index contributed by atoms with van der Waals surface area (Å²) in [6.07, 6.45) is 3.15. The van der Waals surface area contributed by atoms with E-state index in [1.807, 2.05) is 6.92 Å². The SMILES string of the molecule is C=C(C)C(CCl)OC1CCCCO1. The van der Waals surface area contributed by atoms with Gasteiger partial charge in [-0.3, -0.25) is 0 Å². The van der Waals surface area contributed by atoms with Crippen LogP contribution in [0.2, 0.25) is 0 Å². The lowest BCUT2D eigenvalue weighted by atomic mass is 10.2. The normalized spacial score (nSPS) is 25.5. The second-order valence-corrected chi connectivity index (χ2v) is 3.73. The molecule has 0 aromatic rings. The van der Waals surface area contributed by atoms with Crippen molar-refractivity contribution < 1.29 is 9.47 Å². The molecule has 2 atom stereocenters. The van der Waals surface area contributed by atoms with E-state index in [1.54, 1.807) is 0 Å². The summed E-state index contributed by atoms with van der Waals surface area (Å²) in [5, 5.41) is 0. The molecule has 0 radical (unpaired) electrons. The zero-order chi connectivity index (χ0) is 9.68. The number of rotatable bonds is 4. The van der Waals surface area contributed by atoms with Gasteiger partial charge in [-0.1, -0.05) is 12.2 Å². The lowest BCUT2D eigenvalue weighted by molar-refractivity contribution is -0.176. The van der Waals surface area contributed by atoms with Crippen LogP contribution in [0.4, 0.5) is 0 Å². The highest BCUT2D eigenvalue weighted by molar-refractivity contribution is 6.18. The van der Waals surface area contributed by atoms with Gasteiger partial charge in [-0.15, -0.1) is 11.6 Å². The highest BCUT2D eigenvalue weighted by Crippen LogP contribution is 2.18. The topological polar surface area (TPSA) is 18.5 Å². The quantitative estimate of drug-likeness (QED) is 0.518. The van der Waals surface area contributed by atoms with Crippen molar-refractivity contribution in [1.82, 2.24) is 0 Å². The first-order chi connectivity index (χ1) is 6.24. The maximum Gasteiger partial charge on any atom is 0.158 e. The lowest BCUT2D eigenvalue weighted by Crippen LogP contribution is -2.29. The molecular weight excluding hydrogens is 188 g/mol. The van der Waals surface area contributed by atoms with E-state index in [0.29, 0.717) is 5.88 Å². The van der Waals surface area contributed by atoms with Crippen LogP contribution in [0.15, 0.2) is 12.2 Å². The van der Waals surface area contributed by atoms with Crippen molar-refractivity contribution in [2.45, 2.75) is 38.6 Å². The third kappa shape index (κ3) is 3.67. The van der Waals surface area contributed by atoms with Crippen molar-refractivity contribution in [2.75, 3.05) is 12.5 Å². The fraction of sp³-hybridized carbons (Fsp3) is 0.800. The lowest BCUT2D eigenvalue weighted by Gasteiger charge is -2.26. The van der Waals surface area contributed by atoms with Gasteiger partial charge in [0.15, 0.2) is 6.29 Å². The molecule has 0 aromatic carbocycles. The molecular formula is C10H17ClO2. The first-order valence-electron chi connectivity index (χ1n) is 4.72. The molecule has 2 nitrogen and oxygen atoms in total. The number of hydrogen-bond donors (Lipinski definition) is 0. The molecule has 76 valence electrons. The van der Waals surface area contributed by atoms with E-state index in [1.165, 1.54) is 6.42 Å². The standard InChI is InChI=1S/C10H17ClO2/c1-8(2)9(7-11)13-10-5-3-4-6-12-10/h9-10H,1,3-7H2,2H3. The summed E-state index contributed by atoms with van der Waals surface area (Å²) in [5.74, 6) is 0.454. The third-order valence-electron chi connectivity index (χ3n) is 2.14. The highest BCUT2D eigenvalue weighted by Gasteiger charge is 2.19. The molecule has 1 heterocycles. The Balaban J connectivity index is 2.31. The summed E-state index contributed by atoms with van der Waals surface area (Å²) >= 11 is 5.74. The Morgan fingerprint density at radius 1 is 1.69 bits per heavy atom. The van der Waals surface area contributed by atoms with Gasteiger partial charge in [0, 0.05) is 6.61 Å². The molecule has 13 heavy (non-hydrogen) atoms. The summed E-state index contributed by atoms with van der Waals surface area (Å²) in [4.78, 5) is 0. The monoisotopic (exact) mass is 204 g/mol.